The van der Waals surface area contributed by atoms with Crippen molar-refractivity contribution in [2.45, 2.75) is 20.3 Å². The molecule has 0 bridgehead atoms. The van der Waals surface area contributed by atoms with E-state index < -0.39 is 9.33 Å². The van der Waals surface area contributed by atoms with Gasteiger partial charge in [-0.25, -0.2) is 4.79 Å². The van der Waals surface area contributed by atoms with Crippen LogP contribution in [0.15, 0.2) is 24.3 Å². The molecule has 1 aromatic carbocycles. The van der Waals surface area contributed by atoms with Crippen LogP contribution in [0.2, 0.25) is 0 Å². The maximum Gasteiger partial charge on any atom is 0.353 e. The molecule has 1 aromatic rings. The first kappa shape index (κ1) is 16.9. The Hall–Kier alpha value is -1.11. The molecule has 0 saturated heterocycles. The van der Waals surface area contributed by atoms with Crippen molar-refractivity contribution in [3.8, 4) is 0 Å². The second-order valence-corrected chi connectivity index (χ2v) is 5.18. The van der Waals surface area contributed by atoms with Crippen molar-refractivity contribution in [1.82, 2.24) is 0 Å². The number of ether oxygens (including phenoxy) is 1. The maximum atomic E-state index is 11.3. The van der Waals surface area contributed by atoms with Crippen molar-refractivity contribution >= 4 is 26.0 Å². The Kier molecular flexibility index (Phi) is 7.58. The van der Waals surface area contributed by atoms with Crippen LogP contribution in [0.5, 0.6) is 0 Å². The number of carbonyl (C=O) groups excluding carboxylic acids is 1. The second-order valence-electron chi connectivity index (χ2n) is 3.19. The normalized spacial score (nSPS) is 10.2. The molecule has 0 atom stereocenters. The quantitative estimate of drug-likeness (QED) is 0.526. The number of carbonyl (C=O) groups is 1. The van der Waals surface area contributed by atoms with Crippen LogP contribution in [0.1, 0.15) is 29.8 Å². The zero-order valence-corrected chi connectivity index (χ0v) is 11.7. The summed E-state index contributed by atoms with van der Waals surface area (Å²) in [7, 11) is -0.137. The van der Waals surface area contributed by atoms with E-state index in [1.807, 2.05) is 25.1 Å². The van der Waals surface area contributed by atoms with E-state index in [-0.39, 0.29) is 5.97 Å². The second kappa shape index (κ2) is 8.07. The van der Waals surface area contributed by atoms with Gasteiger partial charge >= 0.3 is 15.3 Å². The molecule has 1 rings (SSSR count). The Balaban J connectivity index is 0.000000494. The summed E-state index contributed by atoms with van der Waals surface area (Å²) >= 11 is 0. The van der Waals surface area contributed by atoms with Crippen molar-refractivity contribution in [1.29, 1.82) is 0 Å². The van der Waals surface area contributed by atoms with Crippen LogP contribution in [0.25, 0.3) is 0 Å². The van der Waals surface area contributed by atoms with E-state index in [4.69, 9.17) is 17.7 Å². The lowest BCUT2D eigenvalue weighted by Crippen LogP contribution is -2.04. The average Bonchev–Trinajstić information content (AvgIpc) is 2.27. The minimum atomic E-state index is -4.19. The SMILES string of the molecule is CCOC(=O)c1cccc(CC)c1.O=S(=O)(O)Cl. The Labute approximate surface area is 111 Å². The Morgan fingerprint density at radius 3 is 2.39 bits per heavy atom. The van der Waals surface area contributed by atoms with E-state index in [1.54, 1.807) is 6.07 Å². The fraction of sp³-hybridized carbons (Fsp3) is 0.364. The van der Waals surface area contributed by atoms with Crippen molar-refractivity contribution in [3.63, 3.8) is 0 Å². The third-order valence-electron chi connectivity index (χ3n) is 1.85. The fourth-order valence-corrected chi connectivity index (χ4v) is 1.13. The van der Waals surface area contributed by atoms with Crippen LogP contribution in [0.3, 0.4) is 0 Å². The molecule has 5 nitrogen and oxygen atoms in total. The summed E-state index contributed by atoms with van der Waals surface area (Å²) in [4.78, 5) is 11.3. The Morgan fingerprint density at radius 2 is 1.94 bits per heavy atom. The Morgan fingerprint density at radius 1 is 1.39 bits per heavy atom. The molecule has 0 aliphatic rings. The summed E-state index contributed by atoms with van der Waals surface area (Å²) in [6.45, 7) is 4.29. The summed E-state index contributed by atoms with van der Waals surface area (Å²) in [6, 6.07) is 7.53. The molecular weight excluding hydrogens is 280 g/mol. The lowest BCUT2D eigenvalue weighted by atomic mass is 10.1. The van der Waals surface area contributed by atoms with Crippen LogP contribution in [0.4, 0.5) is 0 Å². The molecule has 0 aliphatic carbocycles. The fourth-order valence-electron chi connectivity index (χ4n) is 1.13. The minimum Gasteiger partial charge on any atom is -0.462 e. The zero-order chi connectivity index (χ0) is 14.2. The van der Waals surface area contributed by atoms with Crippen LogP contribution in [-0.4, -0.2) is 25.5 Å². The maximum absolute atomic E-state index is 11.3. The van der Waals surface area contributed by atoms with Gasteiger partial charge in [0.2, 0.25) is 0 Å². The first-order valence-electron chi connectivity index (χ1n) is 5.21. The molecule has 0 radical (unpaired) electrons. The van der Waals surface area contributed by atoms with Crippen molar-refractivity contribution < 1.29 is 22.5 Å². The topological polar surface area (TPSA) is 80.7 Å². The van der Waals surface area contributed by atoms with Crippen molar-refractivity contribution in [2.24, 2.45) is 0 Å². The largest absolute Gasteiger partial charge is 0.462 e. The first-order chi connectivity index (χ1) is 8.27. The highest BCUT2D eigenvalue weighted by molar-refractivity contribution is 8.09. The third-order valence-corrected chi connectivity index (χ3v) is 1.85. The number of benzene rings is 1. The molecule has 0 aromatic heterocycles. The van der Waals surface area contributed by atoms with E-state index >= 15 is 0 Å². The summed E-state index contributed by atoms with van der Waals surface area (Å²) < 4.78 is 30.1. The standard InChI is InChI=1S/C11H14O2.ClHO3S/c1-3-9-6-5-7-10(8-9)11(12)13-4-2;1-5(2,3)4/h5-8H,3-4H2,1-2H3;(H,2,3,4). The zero-order valence-electron chi connectivity index (χ0n) is 10.1. The van der Waals surface area contributed by atoms with E-state index in [0.29, 0.717) is 12.2 Å². The average molecular weight is 295 g/mol. The summed E-state index contributed by atoms with van der Waals surface area (Å²) in [6.07, 6.45) is 0.938. The van der Waals surface area contributed by atoms with Gasteiger partial charge in [0, 0.05) is 10.7 Å². The molecule has 0 heterocycles. The molecule has 0 unspecified atom stereocenters. The molecule has 18 heavy (non-hydrogen) atoms. The predicted molar refractivity (Wildman–Crippen MR) is 69.2 cm³/mol. The van der Waals surface area contributed by atoms with Crippen molar-refractivity contribution in [2.75, 3.05) is 6.61 Å². The summed E-state index contributed by atoms with van der Waals surface area (Å²) in [5.41, 5.74) is 1.80. The molecule has 0 amide bonds. The number of hydrogen-bond acceptors (Lipinski definition) is 4. The van der Waals surface area contributed by atoms with E-state index in [9.17, 15) is 4.79 Å². The molecule has 7 heteroatoms. The number of hydrogen-bond donors (Lipinski definition) is 1. The first-order valence-corrected chi connectivity index (χ1v) is 7.47. The van der Waals surface area contributed by atoms with Crippen LogP contribution in [0, 0.1) is 0 Å². The number of aryl methyl sites for hydroxylation is 1. The lowest BCUT2D eigenvalue weighted by Gasteiger charge is -2.02. The van der Waals surface area contributed by atoms with Gasteiger partial charge in [0.05, 0.1) is 12.2 Å². The minimum absolute atomic E-state index is 0.238. The molecule has 0 aliphatic heterocycles. The lowest BCUT2D eigenvalue weighted by molar-refractivity contribution is 0.0526. The Bertz CT molecular complexity index is 476. The van der Waals surface area contributed by atoms with Gasteiger partial charge in [0.15, 0.2) is 0 Å². The number of halogens is 1. The third kappa shape index (κ3) is 8.98. The van der Waals surface area contributed by atoms with Gasteiger partial charge in [0.1, 0.15) is 0 Å². The van der Waals surface area contributed by atoms with E-state index in [0.717, 1.165) is 12.0 Å². The van der Waals surface area contributed by atoms with Gasteiger partial charge in [-0.1, -0.05) is 19.1 Å². The molecule has 0 spiro atoms. The van der Waals surface area contributed by atoms with Gasteiger partial charge in [-0.2, -0.15) is 8.42 Å². The van der Waals surface area contributed by atoms with Crippen LogP contribution in [-0.2, 0) is 20.5 Å². The highest BCUT2D eigenvalue weighted by Crippen LogP contribution is 2.07. The van der Waals surface area contributed by atoms with Gasteiger partial charge in [-0.15, -0.1) is 0 Å². The monoisotopic (exact) mass is 294 g/mol. The molecule has 0 saturated carbocycles. The van der Waals surface area contributed by atoms with Gasteiger partial charge in [-0.3, -0.25) is 4.55 Å². The van der Waals surface area contributed by atoms with Crippen molar-refractivity contribution in [3.05, 3.63) is 35.4 Å². The molecule has 102 valence electrons. The van der Waals surface area contributed by atoms with Gasteiger partial charge in [0.25, 0.3) is 0 Å². The van der Waals surface area contributed by atoms with E-state index in [1.165, 1.54) is 0 Å². The number of esters is 1. The van der Waals surface area contributed by atoms with Gasteiger partial charge in [-0.05, 0) is 31.0 Å². The van der Waals surface area contributed by atoms with Crippen LogP contribution >= 0.6 is 10.7 Å². The molecule has 1 N–H and O–H groups in total. The summed E-state index contributed by atoms with van der Waals surface area (Å²) in [5.74, 6) is -0.238. The van der Waals surface area contributed by atoms with Crippen LogP contribution < -0.4 is 0 Å². The summed E-state index contributed by atoms with van der Waals surface area (Å²) in [5, 5.41) is 0. The molecule has 0 fully saturated rings. The number of rotatable bonds is 3. The highest BCUT2D eigenvalue weighted by atomic mass is 35.7. The highest BCUT2D eigenvalue weighted by Gasteiger charge is 2.05. The molecular formula is C11H15ClO5S. The smallest absolute Gasteiger partial charge is 0.353 e. The van der Waals surface area contributed by atoms with Gasteiger partial charge < -0.3 is 4.74 Å². The predicted octanol–water partition coefficient (Wildman–Crippen LogP) is 2.45. The van der Waals surface area contributed by atoms with E-state index in [2.05, 4.69) is 17.6 Å².